The molecule has 0 saturated heterocycles. The molecule has 2 heterocycles. The number of nitrogens with zero attached hydrogens (tertiary/aromatic N) is 2. The van der Waals surface area contributed by atoms with Crippen LogP contribution >= 0.6 is 0 Å². The number of furan rings is 1. The van der Waals surface area contributed by atoms with Crippen molar-refractivity contribution < 1.29 is 13.6 Å². The maximum Gasteiger partial charge on any atom is 0.315 e. The zero-order chi connectivity index (χ0) is 20.4. The highest BCUT2D eigenvalue weighted by molar-refractivity contribution is 5.82. The Labute approximate surface area is 167 Å². The summed E-state index contributed by atoms with van der Waals surface area (Å²) in [4.78, 5) is 12.4. The number of fused-ring (bicyclic) bond motifs is 1. The lowest BCUT2D eigenvalue weighted by molar-refractivity contribution is 0.236. The Balaban J connectivity index is 1.40. The zero-order valence-corrected chi connectivity index (χ0v) is 16.1. The largest absolute Gasteiger partial charge is 0.459 e. The number of benzene rings is 2. The minimum Gasteiger partial charge on any atom is -0.459 e. The highest BCUT2D eigenvalue weighted by Crippen LogP contribution is 2.29. The number of amides is 2. The van der Waals surface area contributed by atoms with Gasteiger partial charge in [0, 0.05) is 29.9 Å². The molecule has 7 heteroatoms. The number of hydrogen-bond acceptors (Lipinski definition) is 3. The van der Waals surface area contributed by atoms with E-state index in [4.69, 9.17) is 4.42 Å². The van der Waals surface area contributed by atoms with E-state index in [0.717, 1.165) is 16.8 Å². The van der Waals surface area contributed by atoms with Crippen molar-refractivity contribution in [1.29, 1.82) is 0 Å². The van der Waals surface area contributed by atoms with Crippen molar-refractivity contribution in [3.05, 3.63) is 83.6 Å². The Morgan fingerprint density at radius 1 is 1.24 bits per heavy atom. The molecule has 0 aliphatic rings. The molecule has 4 rings (SSSR count). The van der Waals surface area contributed by atoms with Crippen LogP contribution in [0.15, 0.2) is 65.3 Å². The Bertz CT molecular complexity index is 1150. The molecule has 2 amide bonds. The molecule has 0 aliphatic heterocycles. The van der Waals surface area contributed by atoms with Crippen molar-refractivity contribution in [1.82, 2.24) is 20.4 Å². The van der Waals surface area contributed by atoms with E-state index < -0.39 is 0 Å². The molecular formula is C22H21FN4O2. The topological polar surface area (TPSA) is 72.1 Å². The van der Waals surface area contributed by atoms with Crippen LogP contribution in [0.5, 0.6) is 0 Å². The van der Waals surface area contributed by atoms with Crippen LogP contribution in [0.2, 0.25) is 0 Å². The van der Waals surface area contributed by atoms with Crippen LogP contribution in [0.4, 0.5) is 9.18 Å². The van der Waals surface area contributed by atoms with Gasteiger partial charge in [-0.05, 0) is 55.8 Å². The molecule has 148 valence electrons. The molecule has 0 bridgehead atoms. The number of carbonyl (C=O) groups is 1. The first-order valence-corrected chi connectivity index (χ1v) is 9.33. The Morgan fingerprint density at radius 2 is 2.10 bits per heavy atom. The average Bonchev–Trinajstić information content (AvgIpc) is 3.36. The van der Waals surface area contributed by atoms with Gasteiger partial charge in [-0.15, -0.1) is 0 Å². The van der Waals surface area contributed by atoms with Crippen LogP contribution < -0.4 is 10.6 Å². The van der Waals surface area contributed by atoms with Crippen molar-refractivity contribution in [2.24, 2.45) is 0 Å². The molecule has 6 nitrogen and oxygen atoms in total. The lowest BCUT2D eigenvalue weighted by Crippen LogP contribution is -2.36. The van der Waals surface area contributed by atoms with Gasteiger partial charge in [0.15, 0.2) is 0 Å². The zero-order valence-electron chi connectivity index (χ0n) is 16.1. The molecule has 0 saturated carbocycles. The third-order valence-electron chi connectivity index (χ3n) is 4.81. The van der Waals surface area contributed by atoms with E-state index in [1.54, 1.807) is 16.9 Å². The molecule has 0 radical (unpaired) electrons. The normalized spacial score (nSPS) is 12.1. The molecular weight excluding hydrogens is 371 g/mol. The van der Waals surface area contributed by atoms with Crippen LogP contribution in [0.1, 0.15) is 29.9 Å². The van der Waals surface area contributed by atoms with Crippen molar-refractivity contribution in [2.45, 2.75) is 26.4 Å². The smallest absolute Gasteiger partial charge is 0.315 e. The standard InChI is InChI=1S/C22H21FN4O2/c1-14-19-12-17(23)7-8-20(19)29-21(14)15(2)26-22(28)24-13-16-5-3-6-18(11-16)27-10-4-9-25-27/h3-12,15H,13H2,1-2H3,(H2,24,26,28). The third kappa shape index (κ3) is 3.99. The van der Waals surface area contributed by atoms with Gasteiger partial charge in [-0.3, -0.25) is 0 Å². The fraction of sp³-hybridized carbons (Fsp3) is 0.182. The van der Waals surface area contributed by atoms with Gasteiger partial charge in [0.05, 0.1) is 11.7 Å². The molecule has 2 aromatic heterocycles. The van der Waals surface area contributed by atoms with E-state index in [0.29, 0.717) is 23.3 Å². The van der Waals surface area contributed by atoms with E-state index >= 15 is 0 Å². The Hall–Kier alpha value is -3.61. The van der Waals surface area contributed by atoms with Gasteiger partial charge >= 0.3 is 6.03 Å². The summed E-state index contributed by atoms with van der Waals surface area (Å²) in [5.41, 5.74) is 3.30. The number of nitrogens with one attached hydrogen (secondary N) is 2. The third-order valence-corrected chi connectivity index (χ3v) is 4.81. The van der Waals surface area contributed by atoms with Crippen LogP contribution in [-0.4, -0.2) is 15.8 Å². The summed E-state index contributed by atoms with van der Waals surface area (Å²) in [6.07, 6.45) is 3.58. The van der Waals surface area contributed by atoms with Crippen molar-refractivity contribution in [3.63, 3.8) is 0 Å². The number of rotatable bonds is 5. The van der Waals surface area contributed by atoms with E-state index in [-0.39, 0.29) is 17.9 Å². The van der Waals surface area contributed by atoms with Gasteiger partial charge < -0.3 is 15.1 Å². The van der Waals surface area contributed by atoms with Crippen molar-refractivity contribution in [2.75, 3.05) is 0 Å². The quantitative estimate of drug-likeness (QED) is 0.520. The second-order valence-corrected chi connectivity index (χ2v) is 6.90. The summed E-state index contributed by atoms with van der Waals surface area (Å²) in [5.74, 6) is 0.296. The SMILES string of the molecule is Cc1c(C(C)NC(=O)NCc2cccc(-n3cccn3)c2)oc2ccc(F)cc12. The second-order valence-electron chi connectivity index (χ2n) is 6.90. The molecule has 0 aliphatic carbocycles. The molecule has 4 aromatic rings. The summed E-state index contributed by atoms with van der Waals surface area (Å²) in [7, 11) is 0. The van der Waals surface area contributed by atoms with Crippen LogP contribution in [0, 0.1) is 12.7 Å². The lowest BCUT2D eigenvalue weighted by atomic mass is 10.1. The summed E-state index contributed by atoms with van der Waals surface area (Å²) in [5, 5.41) is 10.6. The first kappa shape index (κ1) is 18.7. The van der Waals surface area contributed by atoms with Gasteiger partial charge in [-0.25, -0.2) is 13.9 Å². The van der Waals surface area contributed by atoms with Crippen LogP contribution in [-0.2, 0) is 6.54 Å². The summed E-state index contributed by atoms with van der Waals surface area (Å²) in [6.45, 7) is 4.06. The van der Waals surface area contributed by atoms with Gasteiger partial charge in [-0.1, -0.05) is 12.1 Å². The second kappa shape index (κ2) is 7.79. The predicted molar refractivity (Wildman–Crippen MR) is 108 cm³/mol. The number of halogens is 1. The maximum atomic E-state index is 13.5. The van der Waals surface area contributed by atoms with Gasteiger partial charge in [0.25, 0.3) is 0 Å². The Kier molecular flexibility index (Phi) is 5.03. The molecule has 1 unspecified atom stereocenters. The monoisotopic (exact) mass is 392 g/mol. The van der Waals surface area contributed by atoms with E-state index in [1.165, 1.54) is 12.1 Å². The number of aryl methyl sites for hydroxylation is 1. The molecule has 29 heavy (non-hydrogen) atoms. The first-order valence-electron chi connectivity index (χ1n) is 9.33. The van der Waals surface area contributed by atoms with Crippen molar-refractivity contribution in [3.8, 4) is 5.69 Å². The van der Waals surface area contributed by atoms with Crippen molar-refractivity contribution >= 4 is 17.0 Å². The Morgan fingerprint density at radius 3 is 2.90 bits per heavy atom. The highest BCUT2D eigenvalue weighted by atomic mass is 19.1. The molecule has 1 atom stereocenters. The average molecular weight is 392 g/mol. The molecule has 0 spiro atoms. The fourth-order valence-electron chi connectivity index (χ4n) is 3.35. The van der Waals surface area contributed by atoms with Crippen LogP contribution in [0.25, 0.3) is 16.7 Å². The van der Waals surface area contributed by atoms with Gasteiger partial charge in [-0.2, -0.15) is 5.10 Å². The fourth-order valence-corrected chi connectivity index (χ4v) is 3.35. The summed E-state index contributed by atoms with van der Waals surface area (Å²) >= 11 is 0. The summed E-state index contributed by atoms with van der Waals surface area (Å²) in [6, 6.07) is 13.4. The lowest BCUT2D eigenvalue weighted by Gasteiger charge is -2.14. The molecule has 2 N–H and O–H groups in total. The van der Waals surface area contributed by atoms with Gasteiger partial charge in [0.1, 0.15) is 17.2 Å². The number of urea groups is 1. The van der Waals surface area contributed by atoms with E-state index in [9.17, 15) is 9.18 Å². The van der Waals surface area contributed by atoms with E-state index in [1.807, 2.05) is 50.4 Å². The van der Waals surface area contributed by atoms with Crippen LogP contribution in [0.3, 0.4) is 0 Å². The maximum absolute atomic E-state index is 13.5. The first-order chi connectivity index (χ1) is 14.0. The molecule has 0 fully saturated rings. The number of hydrogen-bond donors (Lipinski definition) is 2. The minimum absolute atomic E-state index is 0.312. The number of aromatic nitrogens is 2. The predicted octanol–water partition coefficient (Wildman–Crippen LogP) is 4.63. The summed E-state index contributed by atoms with van der Waals surface area (Å²) < 4.78 is 21.1. The minimum atomic E-state index is -0.360. The van der Waals surface area contributed by atoms with E-state index in [2.05, 4.69) is 15.7 Å². The molecule has 2 aromatic carbocycles. The highest BCUT2D eigenvalue weighted by Gasteiger charge is 2.18. The van der Waals surface area contributed by atoms with Gasteiger partial charge in [0.2, 0.25) is 0 Å². The number of carbonyl (C=O) groups excluding carboxylic acids is 1.